The molecule has 0 radical (unpaired) electrons. The number of H-pyrrole nitrogens is 1. The molecule has 4 aromatic rings. The van der Waals surface area contributed by atoms with E-state index in [2.05, 4.69) is 61.3 Å². The predicted molar refractivity (Wildman–Crippen MR) is 117 cm³/mol. The van der Waals surface area contributed by atoms with Gasteiger partial charge in [-0.05, 0) is 30.4 Å². The van der Waals surface area contributed by atoms with Crippen LogP contribution in [0.2, 0.25) is 0 Å². The lowest BCUT2D eigenvalue weighted by atomic mass is 9.89. The topological polar surface area (TPSA) is 70.4 Å². The SMILES string of the molecule is c1ccc2c(C3CCN(c4cnc5nc(N6CCOCC6)oc5c4)CC3)c[nH]c2c1. The molecular formula is C23H25N5O2. The summed E-state index contributed by atoms with van der Waals surface area (Å²) in [5.41, 5.74) is 5.22. The normalized spacial score (nSPS) is 18.5. The predicted octanol–water partition coefficient (Wildman–Crippen LogP) is 3.92. The quantitative estimate of drug-likeness (QED) is 0.559. The van der Waals surface area contributed by atoms with E-state index in [4.69, 9.17) is 9.15 Å². The van der Waals surface area contributed by atoms with E-state index in [1.807, 2.05) is 6.20 Å². The zero-order valence-electron chi connectivity index (χ0n) is 16.9. The molecule has 1 aromatic carbocycles. The number of fused-ring (bicyclic) bond motifs is 2. The van der Waals surface area contributed by atoms with Crippen molar-refractivity contribution in [1.29, 1.82) is 0 Å². The molecule has 2 aliphatic rings. The summed E-state index contributed by atoms with van der Waals surface area (Å²) in [6.45, 7) is 5.07. The van der Waals surface area contributed by atoms with Gasteiger partial charge < -0.3 is 23.9 Å². The number of nitrogens with zero attached hydrogens (tertiary/aromatic N) is 4. The van der Waals surface area contributed by atoms with Crippen molar-refractivity contribution in [3.05, 3.63) is 48.3 Å². The Hall–Kier alpha value is -3.06. The molecule has 7 nitrogen and oxygen atoms in total. The van der Waals surface area contributed by atoms with Crippen LogP contribution in [0.5, 0.6) is 0 Å². The van der Waals surface area contributed by atoms with E-state index in [9.17, 15) is 0 Å². The maximum absolute atomic E-state index is 6.03. The van der Waals surface area contributed by atoms with Crippen molar-refractivity contribution in [2.75, 3.05) is 49.2 Å². The van der Waals surface area contributed by atoms with Crippen molar-refractivity contribution < 1.29 is 9.15 Å². The van der Waals surface area contributed by atoms with Gasteiger partial charge >= 0.3 is 0 Å². The molecule has 2 aliphatic heterocycles. The van der Waals surface area contributed by atoms with Crippen molar-refractivity contribution in [2.24, 2.45) is 0 Å². The molecule has 5 heterocycles. The van der Waals surface area contributed by atoms with E-state index in [1.54, 1.807) is 0 Å². The fourth-order valence-electron chi connectivity index (χ4n) is 4.74. The van der Waals surface area contributed by atoms with Crippen LogP contribution < -0.4 is 9.80 Å². The number of anilines is 2. The lowest BCUT2D eigenvalue weighted by Gasteiger charge is -2.33. The van der Waals surface area contributed by atoms with Gasteiger partial charge in [-0.1, -0.05) is 18.2 Å². The molecule has 0 amide bonds. The number of oxazole rings is 1. The van der Waals surface area contributed by atoms with Crippen LogP contribution in [-0.4, -0.2) is 54.3 Å². The number of hydrogen-bond donors (Lipinski definition) is 1. The number of hydrogen-bond acceptors (Lipinski definition) is 6. The summed E-state index contributed by atoms with van der Waals surface area (Å²) in [6, 6.07) is 11.3. The molecule has 0 spiro atoms. The Kier molecular flexibility index (Phi) is 4.34. The Bertz CT molecular complexity index is 1170. The van der Waals surface area contributed by atoms with Gasteiger partial charge in [0, 0.05) is 49.3 Å². The number of ether oxygens (including phenoxy) is 1. The summed E-state index contributed by atoms with van der Waals surface area (Å²) in [5, 5.41) is 1.36. The maximum Gasteiger partial charge on any atom is 0.300 e. The molecule has 6 rings (SSSR count). The largest absolute Gasteiger partial charge is 0.422 e. The van der Waals surface area contributed by atoms with Crippen LogP contribution in [-0.2, 0) is 4.74 Å². The lowest BCUT2D eigenvalue weighted by molar-refractivity contribution is 0.120. The first-order valence-electron chi connectivity index (χ1n) is 10.8. The lowest BCUT2D eigenvalue weighted by Crippen LogP contribution is -2.36. The van der Waals surface area contributed by atoms with E-state index < -0.39 is 0 Å². The van der Waals surface area contributed by atoms with Gasteiger partial charge in [0.05, 0.1) is 25.1 Å². The highest BCUT2D eigenvalue weighted by Crippen LogP contribution is 2.35. The average Bonchev–Trinajstić information content (AvgIpc) is 3.44. The monoisotopic (exact) mass is 403 g/mol. The second kappa shape index (κ2) is 7.32. The molecule has 0 bridgehead atoms. The highest BCUT2D eigenvalue weighted by Gasteiger charge is 2.24. The summed E-state index contributed by atoms with van der Waals surface area (Å²) in [4.78, 5) is 17.1. The molecule has 0 atom stereocenters. The van der Waals surface area contributed by atoms with Gasteiger partial charge in [-0.15, -0.1) is 0 Å². The van der Waals surface area contributed by atoms with Crippen LogP contribution in [0.25, 0.3) is 22.1 Å². The molecule has 0 aliphatic carbocycles. The van der Waals surface area contributed by atoms with E-state index in [0.29, 0.717) is 30.8 Å². The van der Waals surface area contributed by atoms with Crippen LogP contribution in [0, 0.1) is 0 Å². The minimum Gasteiger partial charge on any atom is -0.422 e. The third-order valence-corrected chi connectivity index (χ3v) is 6.42. The smallest absolute Gasteiger partial charge is 0.300 e. The van der Waals surface area contributed by atoms with Gasteiger partial charge in [0.15, 0.2) is 5.58 Å². The molecule has 2 saturated heterocycles. The van der Waals surface area contributed by atoms with Crippen molar-refractivity contribution >= 4 is 33.8 Å². The highest BCUT2D eigenvalue weighted by molar-refractivity contribution is 5.83. The van der Waals surface area contributed by atoms with Crippen LogP contribution in [0.15, 0.2) is 47.1 Å². The standard InChI is InChI=1S/C23H25N5O2/c1-2-4-20-18(3-1)19(15-24-20)16-5-7-27(8-6-16)17-13-21-22(25-14-17)26-23(30-21)28-9-11-29-12-10-28/h1-4,13-16,24H,5-12H2. The molecule has 0 saturated carbocycles. The Morgan fingerprint density at radius 2 is 1.83 bits per heavy atom. The van der Waals surface area contributed by atoms with Crippen LogP contribution in [0.1, 0.15) is 24.3 Å². The summed E-state index contributed by atoms with van der Waals surface area (Å²) < 4.78 is 11.5. The Morgan fingerprint density at radius 3 is 2.70 bits per heavy atom. The molecule has 3 aromatic heterocycles. The number of pyridine rings is 1. The highest BCUT2D eigenvalue weighted by atomic mass is 16.5. The van der Waals surface area contributed by atoms with Gasteiger partial charge in [0.1, 0.15) is 0 Å². The third-order valence-electron chi connectivity index (χ3n) is 6.42. The first-order valence-corrected chi connectivity index (χ1v) is 10.8. The fraction of sp³-hybridized carbons (Fsp3) is 0.391. The number of aromatic nitrogens is 3. The minimum atomic E-state index is 0.590. The number of nitrogens with one attached hydrogen (secondary N) is 1. The van der Waals surface area contributed by atoms with Crippen molar-refractivity contribution in [3.63, 3.8) is 0 Å². The van der Waals surface area contributed by atoms with E-state index >= 15 is 0 Å². The van der Waals surface area contributed by atoms with Gasteiger partial charge in [-0.25, -0.2) is 4.98 Å². The fourth-order valence-corrected chi connectivity index (χ4v) is 4.74. The van der Waals surface area contributed by atoms with Gasteiger partial charge in [-0.2, -0.15) is 4.98 Å². The number of para-hydroxylation sites is 1. The Labute approximate surface area is 174 Å². The molecule has 2 fully saturated rings. The van der Waals surface area contributed by atoms with Crippen molar-refractivity contribution in [2.45, 2.75) is 18.8 Å². The number of benzene rings is 1. The second-order valence-electron chi connectivity index (χ2n) is 8.16. The summed E-state index contributed by atoms with van der Waals surface area (Å²) in [5.74, 6) is 0.590. The zero-order valence-corrected chi connectivity index (χ0v) is 16.9. The minimum absolute atomic E-state index is 0.590. The van der Waals surface area contributed by atoms with Crippen molar-refractivity contribution in [1.82, 2.24) is 15.0 Å². The first kappa shape index (κ1) is 17.8. The Balaban J connectivity index is 1.19. The number of morpholine rings is 1. The summed E-state index contributed by atoms with van der Waals surface area (Å²) in [7, 11) is 0. The second-order valence-corrected chi connectivity index (χ2v) is 8.16. The zero-order chi connectivity index (χ0) is 19.9. The van der Waals surface area contributed by atoms with Crippen LogP contribution in [0.3, 0.4) is 0 Å². The summed E-state index contributed by atoms with van der Waals surface area (Å²) >= 11 is 0. The van der Waals surface area contributed by atoms with E-state index in [0.717, 1.165) is 50.3 Å². The summed E-state index contributed by atoms with van der Waals surface area (Å²) in [6.07, 6.45) is 6.39. The molecule has 7 heteroatoms. The Morgan fingerprint density at radius 1 is 1.00 bits per heavy atom. The van der Waals surface area contributed by atoms with E-state index in [-0.39, 0.29) is 0 Å². The average molecular weight is 403 g/mol. The number of rotatable bonds is 3. The van der Waals surface area contributed by atoms with Gasteiger partial charge in [0.2, 0.25) is 5.65 Å². The van der Waals surface area contributed by atoms with Gasteiger partial charge in [-0.3, -0.25) is 0 Å². The van der Waals surface area contributed by atoms with Gasteiger partial charge in [0.25, 0.3) is 6.01 Å². The maximum atomic E-state index is 6.03. The molecule has 1 N–H and O–H groups in total. The van der Waals surface area contributed by atoms with E-state index in [1.165, 1.54) is 16.5 Å². The molecule has 30 heavy (non-hydrogen) atoms. The third kappa shape index (κ3) is 3.10. The van der Waals surface area contributed by atoms with Crippen LogP contribution in [0.4, 0.5) is 11.7 Å². The molecular weight excluding hydrogens is 378 g/mol. The first-order chi connectivity index (χ1) is 14.8. The number of aromatic amines is 1. The molecule has 0 unspecified atom stereocenters. The van der Waals surface area contributed by atoms with Crippen LogP contribution >= 0.6 is 0 Å². The number of piperidine rings is 1. The van der Waals surface area contributed by atoms with Crippen molar-refractivity contribution in [3.8, 4) is 0 Å². The molecule has 154 valence electrons.